The molecule has 1 saturated carbocycles. The predicted octanol–water partition coefficient (Wildman–Crippen LogP) is 3.94. The molecule has 5 nitrogen and oxygen atoms in total. The second kappa shape index (κ2) is 5.44. The molecule has 1 aromatic carbocycles. The maximum atomic E-state index is 14.3. The van der Waals surface area contributed by atoms with E-state index in [0.29, 0.717) is 24.2 Å². The lowest BCUT2D eigenvalue weighted by Gasteiger charge is -2.12. The second-order valence-corrected chi connectivity index (χ2v) is 6.37. The normalized spacial score (nSPS) is 15.8. The summed E-state index contributed by atoms with van der Waals surface area (Å²) in [7, 11) is 1.42. The molecule has 130 valence electrons. The van der Waals surface area contributed by atoms with Crippen LogP contribution in [0, 0.1) is 12.7 Å². The lowest BCUT2D eigenvalue weighted by Crippen LogP contribution is -2.13. The number of benzene rings is 1. The first-order valence-electron chi connectivity index (χ1n) is 7.84. The molecule has 3 aromatic rings. The van der Waals surface area contributed by atoms with Crippen molar-refractivity contribution in [3.05, 3.63) is 52.7 Å². The van der Waals surface area contributed by atoms with Crippen LogP contribution in [0.4, 0.5) is 13.2 Å². The Labute approximate surface area is 141 Å². The highest BCUT2D eigenvalue weighted by Gasteiger charge is 2.51. The highest BCUT2D eigenvalue weighted by Crippen LogP contribution is 2.53. The van der Waals surface area contributed by atoms with Crippen molar-refractivity contribution >= 4 is 0 Å². The van der Waals surface area contributed by atoms with Gasteiger partial charge in [-0.1, -0.05) is 22.9 Å². The highest BCUT2D eigenvalue weighted by atomic mass is 19.3. The van der Waals surface area contributed by atoms with Crippen LogP contribution in [0.5, 0.6) is 0 Å². The van der Waals surface area contributed by atoms with E-state index < -0.39 is 11.8 Å². The number of alkyl halides is 2. The highest BCUT2D eigenvalue weighted by molar-refractivity contribution is 5.49. The van der Waals surface area contributed by atoms with Gasteiger partial charge in [-0.3, -0.25) is 4.68 Å². The minimum Gasteiger partial charge on any atom is -0.332 e. The smallest absolute Gasteiger partial charge is 0.280 e. The first kappa shape index (κ1) is 15.9. The van der Waals surface area contributed by atoms with Crippen LogP contribution in [0.25, 0.3) is 11.6 Å². The number of halogens is 3. The lowest BCUT2D eigenvalue weighted by molar-refractivity contribution is 0.141. The minimum atomic E-state index is -2.65. The van der Waals surface area contributed by atoms with Gasteiger partial charge in [0.05, 0.1) is 5.41 Å². The Morgan fingerprint density at radius 1 is 1.24 bits per heavy atom. The summed E-state index contributed by atoms with van der Waals surface area (Å²) >= 11 is 0. The molecule has 25 heavy (non-hydrogen) atoms. The Morgan fingerprint density at radius 3 is 2.64 bits per heavy atom. The SMILES string of the molecule is Cc1ccc(F)c(C2(c3noc(-c4cc(C(F)F)n(C)n4)n3)CC2)c1. The van der Waals surface area contributed by atoms with Crippen molar-refractivity contribution in [2.75, 3.05) is 0 Å². The van der Waals surface area contributed by atoms with Gasteiger partial charge in [0, 0.05) is 12.6 Å². The van der Waals surface area contributed by atoms with Crippen molar-refractivity contribution in [2.24, 2.45) is 7.05 Å². The molecule has 0 aliphatic heterocycles. The van der Waals surface area contributed by atoms with E-state index in [9.17, 15) is 13.2 Å². The molecule has 0 bridgehead atoms. The summed E-state index contributed by atoms with van der Waals surface area (Å²) < 4.78 is 46.4. The molecule has 2 heterocycles. The molecular formula is C17H15F3N4O. The summed E-state index contributed by atoms with van der Waals surface area (Å²) in [6.07, 6.45) is -1.24. The Bertz CT molecular complexity index is 943. The number of nitrogens with zero attached hydrogens (tertiary/aromatic N) is 4. The number of hydrogen-bond donors (Lipinski definition) is 0. The van der Waals surface area contributed by atoms with Crippen LogP contribution in [0.3, 0.4) is 0 Å². The summed E-state index contributed by atoms with van der Waals surface area (Å²) in [5.74, 6) is 0.0976. The summed E-state index contributed by atoms with van der Waals surface area (Å²) in [6, 6.07) is 6.14. The van der Waals surface area contributed by atoms with Crippen molar-refractivity contribution in [2.45, 2.75) is 31.6 Å². The maximum Gasteiger partial charge on any atom is 0.280 e. The summed E-state index contributed by atoms with van der Waals surface area (Å²) in [6.45, 7) is 1.89. The fraction of sp³-hybridized carbons (Fsp3) is 0.353. The van der Waals surface area contributed by atoms with Crippen molar-refractivity contribution in [3.63, 3.8) is 0 Å². The average molecular weight is 348 g/mol. The van der Waals surface area contributed by atoms with Crippen LogP contribution in [-0.4, -0.2) is 19.9 Å². The van der Waals surface area contributed by atoms with Crippen molar-refractivity contribution < 1.29 is 17.7 Å². The third-order valence-corrected chi connectivity index (χ3v) is 4.60. The van der Waals surface area contributed by atoms with E-state index in [-0.39, 0.29) is 23.1 Å². The Kier molecular flexibility index (Phi) is 3.45. The van der Waals surface area contributed by atoms with Gasteiger partial charge in [0.1, 0.15) is 11.5 Å². The molecule has 2 aromatic heterocycles. The van der Waals surface area contributed by atoms with Gasteiger partial charge in [-0.05, 0) is 31.9 Å². The quantitative estimate of drug-likeness (QED) is 0.717. The summed E-state index contributed by atoms with van der Waals surface area (Å²) in [5, 5.41) is 7.96. The van der Waals surface area contributed by atoms with Crippen LogP contribution in [-0.2, 0) is 12.5 Å². The number of aromatic nitrogens is 4. The van der Waals surface area contributed by atoms with Gasteiger partial charge in [-0.2, -0.15) is 10.1 Å². The van der Waals surface area contributed by atoms with E-state index >= 15 is 0 Å². The molecule has 0 saturated heterocycles. The van der Waals surface area contributed by atoms with Gasteiger partial charge in [-0.25, -0.2) is 13.2 Å². The third kappa shape index (κ3) is 2.52. The van der Waals surface area contributed by atoms with E-state index in [2.05, 4.69) is 15.2 Å². The van der Waals surface area contributed by atoms with E-state index in [1.165, 1.54) is 19.2 Å². The van der Waals surface area contributed by atoms with E-state index in [0.717, 1.165) is 10.2 Å². The Balaban J connectivity index is 1.72. The predicted molar refractivity (Wildman–Crippen MR) is 82.6 cm³/mol. The first-order chi connectivity index (χ1) is 11.9. The van der Waals surface area contributed by atoms with Gasteiger partial charge in [-0.15, -0.1) is 0 Å². The van der Waals surface area contributed by atoms with Crippen LogP contribution in [0.15, 0.2) is 28.8 Å². The molecule has 0 spiro atoms. The van der Waals surface area contributed by atoms with E-state index in [4.69, 9.17) is 4.52 Å². The molecule has 4 rings (SSSR count). The average Bonchev–Trinajstić information content (AvgIpc) is 3.03. The van der Waals surface area contributed by atoms with Gasteiger partial charge in [0.25, 0.3) is 12.3 Å². The van der Waals surface area contributed by atoms with Gasteiger partial charge in [0.15, 0.2) is 11.5 Å². The molecule has 0 amide bonds. The van der Waals surface area contributed by atoms with E-state index in [1.54, 1.807) is 12.1 Å². The molecule has 1 aliphatic carbocycles. The van der Waals surface area contributed by atoms with Gasteiger partial charge in [0.2, 0.25) is 0 Å². The summed E-state index contributed by atoms with van der Waals surface area (Å²) in [5.41, 5.74) is 0.808. The molecule has 0 atom stereocenters. The van der Waals surface area contributed by atoms with Crippen molar-refractivity contribution in [1.82, 2.24) is 19.9 Å². The van der Waals surface area contributed by atoms with Crippen LogP contribution in [0.1, 0.15) is 41.9 Å². The minimum absolute atomic E-state index is 0.0526. The number of aryl methyl sites for hydroxylation is 2. The maximum absolute atomic E-state index is 14.3. The third-order valence-electron chi connectivity index (χ3n) is 4.60. The fourth-order valence-corrected chi connectivity index (χ4v) is 3.06. The zero-order valence-electron chi connectivity index (χ0n) is 13.6. The number of hydrogen-bond acceptors (Lipinski definition) is 4. The van der Waals surface area contributed by atoms with E-state index in [1.807, 2.05) is 6.92 Å². The van der Waals surface area contributed by atoms with Crippen LogP contribution < -0.4 is 0 Å². The molecule has 0 N–H and O–H groups in total. The van der Waals surface area contributed by atoms with Gasteiger partial charge >= 0.3 is 0 Å². The zero-order valence-corrected chi connectivity index (χ0v) is 13.6. The van der Waals surface area contributed by atoms with Crippen molar-refractivity contribution in [3.8, 4) is 11.6 Å². The molecule has 8 heteroatoms. The van der Waals surface area contributed by atoms with Gasteiger partial charge < -0.3 is 4.52 Å². The second-order valence-electron chi connectivity index (χ2n) is 6.37. The zero-order chi connectivity index (χ0) is 17.8. The fourth-order valence-electron chi connectivity index (χ4n) is 3.06. The standard InChI is InChI=1S/C17H15F3N4O/c1-9-3-4-11(18)10(7-9)17(5-6-17)16-21-15(25-23-16)12-8-13(14(19)20)24(2)22-12/h3-4,7-8,14H,5-6H2,1-2H3. The summed E-state index contributed by atoms with van der Waals surface area (Å²) in [4.78, 5) is 4.31. The van der Waals surface area contributed by atoms with Crippen molar-refractivity contribution in [1.29, 1.82) is 0 Å². The Morgan fingerprint density at radius 2 is 2.00 bits per heavy atom. The largest absolute Gasteiger partial charge is 0.332 e. The Hall–Kier alpha value is -2.64. The molecule has 0 radical (unpaired) electrons. The molecule has 0 unspecified atom stereocenters. The van der Waals surface area contributed by atoms with Crippen LogP contribution >= 0.6 is 0 Å². The molecule has 1 fully saturated rings. The monoisotopic (exact) mass is 348 g/mol. The topological polar surface area (TPSA) is 56.7 Å². The first-order valence-corrected chi connectivity index (χ1v) is 7.84. The molecular weight excluding hydrogens is 333 g/mol. The number of rotatable bonds is 4. The molecule has 1 aliphatic rings. The lowest BCUT2D eigenvalue weighted by atomic mass is 9.93. The van der Waals surface area contributed by atoms with Crippen LogP contribution in [0.2, 0.25) is 0 Å².